The Kier molecular flexibility index (Phi) is 10.2. The minimum absolute atomic E-state index is 0. The molecule has 0 radical (unpaired) electrons. The predicted octanol–water partition coefficient (Wildman–Crippen LogP) is -3.71. The Labute approximate surface area is 161 Å². The second kappa shape index (κ2) is 11.6. The normalized spacial score (nSPS) is 31.7. The van der Waals surface area contributed by atoms with Crippen LogP contribution in [0.15, 0.2) is 0 Å². The summed E-state index contributed by atoms with van der Waals surface area (Å²) in [5.74, 6) is 0.572. The maximum Gasteiger partial charge on any atom is 1.00 e. The van der Waals surface area contributed by atoms with Crippen LogP contribution in [0.3, 0.4) is 0 Å². The Morgan fingerprint density at radius 2 is 1.14 bits per heavy atom. The molecular weight excluding hydrogens is 351 g/mol. The summed E-state index contributed by atoms with van der Waals surface area (Å²) in [6, 6.07) is -0.623. The van der Waals surface area contributed by atoms with Gasteiger partial charge in [0.15, 0.2) is 0 Å². The second-order valence-electron chi connectivity index (χ2n) is 4.45. The summed E-state index contributed by atoms with van der Waals surface area (Å²) in [5.41, 5.74) is 5.76. The standard InChI is InChI=1S/2C5H11NO2S.ClH.Na.H2O/c2*6-5-1-3-9(7,8)4-2-5;;;/h2*5H,1-4,6H2;1H;;1H2/q;;;+1;/p-1/i3D2,4D2;;;;. The minimum Gasteiger partial charge on any atom is -0.870 e. The molecule has 2 saturated heterocycles. The fraction of sp³-hybridized carbons (Fsp3) is 1.00. The van der Waals surface area contributed by atoms with Crippen LogP contribution in [-0.2, 0) is 19.7 Å². The summed E-state index contributed by atoms with van der Waals surface area (Å²) in [6.07, 6.45) is 0.606. The first kappa shape index (κ1) is 18.4. The summed E-state index contributed by atoms with van der Waals surface area (Å²) in [5, 5.41) is 0. The van der Waals surface area contributed by atoms with E-state index in [-0.39, 0.29) is 77.8 Å². The van der Waals surface area contributed by atoms with Gasteiger partial charge in [-0.05, 0) is 25.7 Å². The summed E-state index contributed by atoms with van der Waals surface area (Å²) in [4.78, 5) is 0. The van der Waals surface area contributed by atoms with Crippen molar-refractivity contribution in [3.05, 3.63) is 0 Å². The molecule has 0 aromatic rings. The van der Waals surface area contributed by atoms with Gasteiger partial charge in [-0.3, -0.25) is 0 Å². The third-order valence-electron chi connectivity index (χ3n) is 2.67. The summed E-state index contributed by atoms with van der Waals surface area (Å²) < 4.78 is 72.8. The van der Waals surface area contributed by atoms with Gasteiger partial charge in [0.2, 0.25) is 0 Å². The Morgan fingerprint density at radius 3 is 1.48 bits per heavy atom. The molecule has 2 aliphatic heterocycles. The number of hydrogen-bond acceptors (Lipinski definition) is 7. The maximum atomic E-state index is 11.3. The van der Waals surface area contributed by atoms with Crippen molar-refractivity contribution in [1.82, 2.24) is 0 Å². The molecule has 0 aromatic carbocycles. The molecule has 0 bridgehead atoms. The van der Waals surface area contributed by atoms with Gasteiger partial charge < -0.3 is 16.9 Å². The van der Waals surface area contributed by atoms with Crippen LogP contribution in [0.5, 0.6) is 0 Å². The quantitative estimate of drug-likeness (QED) is 0.411. The molecule has 7 nitrogen and oxygen atoms in total. The van der Waals surface area contributed by atoms with Crippen LogP contribution in [-0.4, -0.2) is 57.3 Å². The van der Waals surface area contributed by atoms with Gasteiger partial charge in [0.1, 0.15) is 19.7 Å². The van der Waals surface area contributed by atoms with Crippen molar-refractivity contribution >= 4 is 32.1 Å². The smallest absolute Gasteiger partial charge is 0.870 e. The molecule has 0 amide bonds. The van der Waals surface area contributed by atoms with Gasteiger partial charge in [0.05, 0.1) is 22.9 Å². The van der Waals surface area contributed by atoms with Crippen molar-refractivity contribution in [2.75, 3.05) is 22.9 Å². The SMILES string of the molecule is Cl.NC1CCS(=O)(=O)CC1.[2H]C1([2H])CC(N)CC([2H])([2H])S1(=O)=O.[Na+].[OH-]. The average Bonchev–Trinajstić information content (AvgIpc) is 2.30. The van der Waals surface area contributed by atoms with Gasteiger partial charge in [0.25, 0.3) is 0 Å². The Hall–Kier alpha value is 1.07. The first-order chi connectivity index (χ1) is 9.70. The van der Waals surface area contributed by atoms with E-state index in [1.54, 1.807) is 0 Å². The van der Waals surface area contributed by atoms with E-state index in [4.69, 9.17) is 17.0 Å². The first-order valence-electron chi connectivity index (χ1n) is 7.66. The molecule has 2 aliphatic rings. The molecule has 0 aromatic heterocycles. The van der Waals surface area contributed by atoms with Gasteiger partial charge in [-0.1, -0.05) is 0 Å². The number of halogens is 1. The van der Waals surface area contributed by atoms with Gasteiger partial charge in [0, 0.05) is 17.6 Å². The molecule has 5 N–H and O–H groups in total. The van der Waals surface area contributed by atoms with E-state index in [1.165, 1.54) is 0 Å². The van der Waals surface area contributed by atoms with E-state index < -0.39 is 37.1 Å². The minimum atomic E-state index is -4.39. The topological polar surface area (TPSA) is 150 Å². The van der Waals surface area contributed by atoms with E-state index in [0.717, 1.165) is 0 Å². The van der Waals surface area contributed by atoms with Crippen molar-refractivity contribution in [3.8, 4) is 0 Å². The summed E-state index contributed by atoms with van der Waals surface area (Å²) in [6.45, 7) is 0. The molecule has 0 unspecified atom stereocenters. The van der Waals surface area contributed by atoms with E-state index in [2.05, 4.69) is 0 Å². The first-order valence-corrected chi connectivity index (χ1v) is 8.96. The van der Waals surface area contributed by atoms with Crippen LogP contribution in [0.2, 0.25) is 0 Å². The van der Waals surface area contributed by atoms with E-state index in [1.807, 2.05) is 0 Å². The molecule has 11 heteroatoms. The van der Waals surface area contributed by atoms with Crippen LogP contribution in [0, 0.1) is 0 Å². The predicted molar refractivity (Wildman–Crippen MR) is 80.9 cm³/mol. The fourth-order valence-corrected chi connectivity index (χ4v) is 3.96. The Morgan fingerprint density at radius 1 is 0.810 bits per heavy atom. The largest absolute Gasteiger partial charge is 1.00 e. The van der Waals surface area contributed by atoms with Gasteiger partial charge in [-0.15, -0.1) is 12.4 Å². The van der Waals surface area contributed by atoms with Crippen molar-refractivity contribution in [3.63, 3.8) is 0 Å². The Bertz CT molecular complexity index is 583. The molecule has 0 spiro atoms. The Balaban J connectivity index is -0.000000362. The van der Waals surface area contributed by atoms with Gasteiger partial charge in [-0.25, -0.2) is 16.8 Å². The van der Waals surface area contributed by atoms with Crippen LogP contribution in [0.4, 0.5) is 0 Å². The summed E-state index contributed by atoms with van der Waals surface area (Å²) >= 11 is 0. The maximum absolute atomic E-state index is 11.3. The molecule has 2 rings (SSSR count). The molecular formula is C10H24ClN2NaO5S2. The average molecular weight is 379 g/mol. The molecule has 0 atom stereocenters. The number of nitrogens with two attached hydrogens (primary N) is 2. The van der Waals surface area contributed by atoms with Crippen LogP contribution in [0.25, 0.3) is 0 Å². The zero-order chi connectivity index (χ0) is 17.4. The third kappa shape index (κ3) is 12.2. The van der Waals surface area contributed by atoms with E-state index in [9.17, 15) is 16.8 Å². The summed E-state index contributed by atoms with van der Waals surface area (Å²) in [7, 11) is -7.08. The van der Waals surface area contributed by atoms with E-state index in [0.29, 0.717) is 12.8 Å². The van der Waals surface area contributed by atoms with Crippen molar-refractivity contribution < 1.29 is 57.4 Å². The molecule has 2 heterocycles. The second-order valence-corrected chi connectivity index (χ2v) is 8.34. The molecule has 21 heavy (non-hydrogen) atoms. The molecule has 124 valence electrons. The number of rotatable bonds is 0. The molecule has 2 fully saturated rings. The van der Waals surface area contributed by atoms with Gasteiger partial charge in [-0.2, -0.15) is 0 Å². The van der Waals surface area contributed by atoms with Crippen molar-refractivity contribution in [2.45, 2.75) is 37.8 Å². The molecule has 0 aliphatic carbocycles. The third-order valence-corrected chi connectivity index (χ3v) is 5.48. The molecule has 0 saturated carbocycles. The van der Waals surface area contributed by atoms with E-state index >= 15 is 0 Å². The van der Waals surface area contributed by atoms with Gasteiger partial charge >= 0.3 is 29.6 Å². The van der Waals surface area contributed by atoms with Crippen LogP contribution in [0.1, 0.15) is 31.2 Å². The zero-order valence-electron chi connectivity index (χ0n) is 15.9. The van der Waals surface area contributed by atoms with Crippen molar-refractivity contribution in [2.24, 2.45) is 11.5 Å². The monoisotopic (exact) mass is 378 g/mol. The number of sulfone groups is 2. The van der Waals surface area contributed by atoms with Crippen LogP contribution < -0.4 is 41.0 Å². The van der Waals surface area contributed by atoms with Crippen LogP contribution >= 0.6 is 12.4 Å². The number of hydrogen-bond donors (Lipinski definition) is 2. The zero-order valence-corrected chi connectivity index (χ0v) is 16.3. The van der Waals surface area contributed by atoms with Crippen molar-refractivity contribution in [1.29, 1.82) is 0 Å². The fourth-order valence-electron chi connectivity index (χ4n) is 1.46.